The van der Waals surface area contributed by atoms with Crippen molar-refractivity contribution in [3.05, 3.63) is 35.6 Å². The molecule has 1 heterocycles. The Morgan fingerprint density at radius 1 is 1.36 bits per heavy atom. The predicted molar refractivity (Wildman–Crippen MR) is 105 cm³/mol. The molecule has 5 atom stereocenters. The SMILES string of the molecule is C[C@H](NC(=O)C[C@H]1C(=O)NCCN1Cc1cccc(F)c1)[C@H]1C[C@H]2CC[C@H]1C2. The highest BCUT2D eigenvalue weighted by atomic mass is 19.1. The third-order valence-corrected chi connectivity index (χ3v) is 6.92. The molecule has 2 N–H and O–H groups in total. The summed E-state index contributed by atoms with van der Waals surface area (Å²) in [6, 6.07) is 6.07. The minimum absolute atomic E-state index is 0.0680. The normalized spacial score (nSPS) is 30.9. The molecule has 152 valence electrons. The van der Waals surface area contributed by atoms with Crippen LogP contribution in [0, 0.1) is 23.6 Å². The fraction of sp³-hybridized carbons (Fsp3) is 0.636. The second kappa shape index (κ2) is 8.19. The Labute approximate surface area is 166 Å². The van der Waals surface area contributed by atoms with Gasteiger partial charge in [-0.05, 0) is 61.6 Å². The summed E-state index contributed by atoms with van der Waals surface area (Å²) in [5, 5.41) is 6.02. The lowest BCUT2D eigenvalue weighted by Gasteiger charge is -2.35. The van der Waals surface area contributed by atoms with Crippen LogP contribution >= 0.6 is 0 Å². The van der Waals surface area contributed by atoms with Crippen molar-refractivity contribution in [2.24, 2.45) is 17.8 Å². The van der Waals surface area contributed by atoms with Crippen LogP contribution in [-0.4, -0.2) is 41.9 Å². The zero-order chi connectivity index (χ0) is 19.7. The fourth-order valence-electron chi connectivity index (χ4n) is 5.54. The molecule has 1 aliphatic heterocycles. The monoisotopic (exact) mass is 387 g/mol. The average Bonchev–Trinajstić information content (AvgIpc) is 3.28. The second-order valence-electron chi connectivity index (χ2n) is 8.81. The number of benzene rings is 1. The van der Waals surface area contributed by atoms with Gasteiger partial charge in [-0.25, -0.2) is 4.39 Å². The van der Waals surface area contributed by atoms with Crippen molar-refractivity contribution in [1.82, 2.24) is 15.5 Å². The van der Waals surface area contributed by atoms with E-state index < -0.39 is 6.04 Å². The highest BCUT2D eigenvalue weighted by Crippen LogP contribution is 2.49. The minimum Gasteiger partial charge on any atom is -0.353 e. The van der Waals surface area contributed by atoms with E-state index >= 15 is 0 Å². The third kappa shape index (κ3) is 4.22. The van der Waals surface area contributed by atoms with Crippen LogP contribution in [0.15, 0.2) is 24.3 Å². The Morgan fingerprint density at radius 2 is 2.21 bits per heavy atom. The van der Waals surface area contributed by atoms with Crippen molar-refractivity contribution >= 4 is 11.8 Å². The van der Waals surface area contributed by atoms with Gasteiger partial charge < -0.3 is 10.6 Å². The summed E-state index contributed by atoms with van der Waals surface area (Å²) in [6.07, 6.45) is 5.33. The smallest absolute Gasteiger partial charge is 0.237 e. The summed E-state index contributed by atoms with van der Waals surface area (Å²) in [6.45, 7) is 3.77. The number of amides is 2. The highest BCUT2D eigenvalue weighted by Gasteiger charge is 2.42. The van der Waals surface area contributed by atoms with Gasteiger partial charge >= 0.3 is 0 Å². The minimum atomic E-state index is -0.510. The van der Waals surface area contributed by atoms with Gasteiger partial charge in [0.05, 0.1) is 12.5 Å². The number of carbonyl (C=O) groups excluding carboxylic acids is 2. The molecule has 0 radical (unpaired) electrons. The molecule has 2 bridgehead atoms. The van der Waals surface area contributed by atoms with Crippen molar-refractivity contribution in [3.63, 3.8) is 0 Å². The van der Waals surface area contributed by atoms with Crippen molar-refractivity contribution in [3.8, 4) is 0 Å². The van der Waals surface area contributed by atoms with Crippen molar-refractivity contribution in [2.45, 2.75) is 57.7 Å². The molecule has 0 spiro atoms. The number of halogens is 1. The summed E-state index contributed by atoms with van der Waals surface area (Å²) in [4.78, 5) is 27.1. The van der Waals surface area contributed by atoms with Crippen molar-refractivity contribution < 1.29 is 14.0 Å². The van der Waals surface area contributed by atoms with Gasteiger partial charge in [0.2, 0.25) is 11.8 Å². The number of hydrogen-bond donors (Lipinski definition) is 2. The Balaban J connectivity index is 1.36. The van der Waals surface area contributed by atoms with Gasteiger partial charge in [0.25, 0.3) is 0 Å². The molecule has 3 fully saturated rings. The molecule has 1 aromatic carbocycles. The van der Waals surface area contributed by atoms with E-state index in [-0.39, 0.29) is 30.1 Å². The molecule has 4 rings (SSSR count). The standard InChI is InChI=1S/C22H30FN3O2/c1-14(19-11-15-5-6-17(19)9-15)25-21(27)12-20-22(28)24-7-8-26(20)13-16-3-2-4-18(23)10-16/h2-4,10,14-15,17,19-20H,5-9,11-13H2,1H3,(H,24,28)(H,25,27)/t14-,15-,17-,19+,20-/m0/s1. The molecule has 6 heteroatoms. The number of fused-ring (bicyclic) bond motifs is 2. The van der Waals surface area contributed by atoms with Crippen LogP contribution in [0.5, 0.6) is 0 Å². The molecule has 0 unspecified atom stereocenters. The van der Waals surface area contributed by atoms with E-state index in [0.717, 1.165) is 17.4 Å². The van der Waals surface area contributed by atoms with Crippen LogP contribution in [0.25, 0.3) is 0 Å². The number of piperazine rings is 1. The maximum absolute atomic E-state index is 13.5. The molecule has 2 aliphatic carbocycles. The first-order chi connectivity index (χ1) is 13.5. The lowest BCUT2D eigenvalue weighted by atomic mass is 9.84. The van der Waals surface area contributed by atoms with E-state index in [0.29, 0.717) is 25.6 Å². The predicted octanol–water partition coefficient (Wildman–Crippen LogP) is 2.46. The molecule has 28 heavy (non-hydrogen) atoms. The summed E-state index contributed by atoms with van der Waals surface area (Å²) >= 11 is 0. The van der Waals surface area contributed by atoms with E-state index in [1.54, 1.807) is 6.07 Å². The molecular weight excluding hydrogens is 357 g/mol. The summed E-state index contributed by atoms with van der Waals surface area (Å²) in [5.74, 6) is 1.70. The Kier molecular flexibility index (Phi) is 5.67. The van der Waals surface area contributed by atoms with Gasteiger partial charge in [0.15, 0.2) is 0 Å². The van der Waals surface area contributed by atoms with Crippen LogP contribution < -0.4 is 10.6 Å². The largest absolute Gasteiger partial charge is 0.353 e. The van der Waals surface area contributed by atoms with Gasteiger partial charge in [-0.2, -0.15) is 0 Å². The molecule has 1 aromatic rings. The Morgan fingerprint density at radius 3 is 2.93 bits per heavy atom. The first-order valence-corrected chi connectivity index (χ1v) is 10.5. The number of nitrogens with zero attached hydrogens (tertiary/aromatic N) is 1. The maximum atomic E-state index is 13.5. The molecule has 3 aliphatic rings. The quantitative estimate of drug-likeness (QED) is 0.788. The van der Waals surface area contributed by atoms with E-state index in [1.165, 1.54) is 37.8 Å². The number of carbonyl (C=O) groups is 2. The molecule has 5 nitrogen and oxygen atoms in total. The molecule has 2 saturated carbocycles. The average molecular weight is 387 g/mol. The van der Waals surface area contributed by atoms with Gasteiger partial charge in [-0.15, -0.1) is 0 Å². The molecule has 1 saturated heterocycles. The van der Waals surface area contributed by atoms with E-state index in [2.05, 4.69) is 17.6 Å². The molecule has 0 aromatic heterocycles. The zero-order valence-corrected chi connectivity index (χ0v) is 16.5. The zero-order valence-electron chi connectivity index (χ0n) is 16.5. The summed E-state index contributed by atoms with van der Waals surface area (Å²) in [7, 11) is 0. The van der Waals surface area contributed by atoms with E-state index in [9.17, 15) is 14.0 Å². The summed E-state index contributed by atoms with van der Waals surface area (Å²) in [5.41, 5.74) is 0.815. The van der Waals surface area contributed by atoms with Crippen LogP contribution in [-0.2, 0) is 16.1 Å². The van der Waals surface area contributed by atoms with E-state index in [4.69, 9.17) is 0 Å². The third-order valence-electron chi connectivity index (χ3n) is 6.92. The fourth-order valence-corrected chi connectivity index (χ4v) is 5.54. The Hall–Kier alpha value is -1.95. The Bertz CT molecular complexity index is 740. The lowest BCUT2D eigenvalue weighted by molar-refractivity contribution is -0.134. The van der Waals surface area contributed by atoms with Gasteiger partial charge in [-0.1, -0.05) is 18.6 Å². The molecular formula is C22H30FN3O2. The number of rotatable bonds is 6. The van der Waals surface area contributed by atoms with Crippen LogP contribution in [0.1, 0.15) is 44.6 Å². The highest BCUT2D eigenvalue weighted by molar-refractivity contribution is 5.88. The summed E-state index contributed by atoms with van der Waals surface area (Å²) < 4.78 is 13.5. The van der Waals surface area contributed by atoms with Crippen LogP contribution in [0.2, 0.25) is 0 Å². The number of hydrogen-bond acceptors (Lipinski definition) is 3. The lowest BCUT2D eigenvalue weighted by Crippen LogP contribution is -2.56. The van der Waals surface area contributed by atoms with Crippen LogP contribution in [0.4, 0.5) is 4.39 Å². The second-order valence-corrected chi connectivity index (χ2v) is 8.81. The topological polar surface area (TPSA) is 61.4 Å². The van der Waals surface area contributed by atoms with Gasteiger partial charge in [0, 0.05) is 25.7 Å². The van der Waals surface area contributed by atoms with E-state index in [1.807, 2.05) is 11.0 Å². The van der Waals surface area contributed by atoms with Crippen LogP contribution in [0.3, 0.4) is 0 Å². The number of nitrogens with one attached hydrogen (secondary N) is 2. The first-order valence-electron chi connectivity index (χ1n) is 10.5. The van der Waals surface area contributed by atoms with Gasteiger partial charge in [-0.3, -0.25) is 14.5 Å². The van der Waals surface area contributed by atoms with Crippen molar-refractivity contribution in [2.75, 3.05) is 13.1 Å². The molecule has 2 amide bonds. The maximum Gasteiger partial charge on any atom is 0.237 e. The van der Waals surface area contributed by atoms with Gasteiger partial charge in [0.1, 0.15) is 5.82 Å². The van der Waals surface area contributed by atoms with Crippen molar-refractivity contribution in [1.29, 1.82) is 0 Å². The first kappa shape index (κ1) is 19.4.